The molecule has 1 aromatic heterocycles. The molecule has 1 aliphatic heterocycles. The molecule has 0 bridgehead atoms. The second-order valence-electron chi connectivity index (χ2n) is 4.78. The summed E-state index contributed by atoms with van der Waals surface area (Å²) in [5.41, 5.74) is 0. The highest BCUT2D eigenvalue weighted by atomic mass is 32.1. The number of hydrogen-bond acceptors (Lipinski definition) is 4. The number of thiazole rings is 1. The standard InChI is InChI=1S/C13H23N3S/c1-2-7-16-8-3-4-12(5-9-16)15-11-13-14-6-10-17-13/h6,10,12,15H,2-5,7-9,11H2,1H3. The largest absolute Gasteiger partial charge is 0.308 e. The molecule has 2 rings (SSSR count). The van der Waals surface area contributed by atoms with Gasteiger partial charge in [0.05, 0.1) is 0 Å². The molecule has 1 N–H and O–H groups in total. The molecule has 1 aliphatic rings. The average Bonchev–Trinajstić information content (AvgIpc) is 2.75. The lowest BCUT2D eigenvalue weighted by Gasteiger charge is -2.19. The Kier molecular flexibility index (Phi) is 5.42. The summed E-state index contributed by atoms with van der Waals surface area (Å²) in [6, 6.07) is 0.681. The molecular formula is C13H23N3S. The molecule has 0 saturated carbocycles. The van der Waals surface area contributed by atoms with Crippen LogP contribution in [0.1, 0.15) is 37.6 Å². The van der Waals surface area contributed by atoms with Crippen molar-refractivity contribution in [3.05, 3.63) is 16.6 Å². The Bertz CT molecular complexity index is 300. The van der Waals surface area contributed by atoms with Crippen molar-refractivity contribution in [3.8, 4) is 0 Å². The van der Waals surface area contributed by atoms with E-state index in [1.165, 1.54) is 50.3 Å². The van der Waals surface area contributed by atoms with Crippen molar-refractivity contribution in [1.29, 1.82) is 0 Å². The fourth-order valence-electron chi connectivity index (χ4n) is 2.47. The molecule has 2 heterocycles. The Labute approximate surface area is 108 Å². The van der Waals surface area contributed by atoms with E-state index in [4.69, 9.17) is 0 Å². The molecule has 3 nitrogen and oxygen atoms in total. The molecule has 0 amide bonds. The van der Waals surface area contributed by atoms with Crippen LogP contribution in [0.2, 0.25) is 0 Å². The van der Waals surface area contributed by atoms with Crippen LogP contribution >= 0.6 is 11.3 Å². The van der Waals surface area contributed by atoms with E-state index in [2.05, 4.69) is 22.1 Å². The van der Waals surface area contributed by atoms with Gasteiger partial charge in [0, 0.05) is 24.2 Å². The van der Waals surface area contributed by atoms with E-state index in [1.807, 2.05) is 11.6 Å². The van der Waals surface area contributed by atoms with Crippen LogP contribution in [0, 0.1) is 0 Å². The van der Waals surface area contributed by atoms with Gasteiger partial charge in [-0.1, -0.05) is 6.92 Å². The van der Waals surface area contributed by atoms with Crippen LogP contribution in [-0.2, 0) is 6.54 Å². The third-order valence-corrected chi connectivity index (χ3v) is 4.17. The summed E-state index contributed by atoms with van der Waals surface area (Å²) in [6.45, 7) is 7.01. The highest BCUT2D eigenvalue weighted by Crippen LogP contribution is 2.12. The van der Waals surface area contributed by atoms with Crippen molar-refractivity contribution in [2.24, 2.45) is 0 Å². The van der Waals surface area contributed by atoms with Gasteiger partial charge in [-0.3, -0.25) is 0 Å². The average molecular weight is 253 g/mol. The molecule has 4 heteroatoms. The highest BCUT2D eigenvalue weighted by molar-refractivity contribution is 7.09. The number of rotatable bonds is 5. The summed E-state index contributed by atoms with van der Waals surface area (Å²) in [4.78, 5) is 6.92. The minimum absolute atomic E-state index is 0.681. The first-order chi connectivity index (χ1) is 8.38. The van der Waals surface area contributed by atoms with Crippen LogP contribution in [0.25, 0.3) is 0 Å². The van der Waals surface area contributed by atoms with Gasteiger partial charge in [-0.25, -0.2) is 4.98 Å². The quantitative estimate of drug-likeness (QED) is 0.874. The van der Waals surface area contributed by atoms with Gasteiger partial charge in [-0.05, 0) is 45.3 Å². The van der Waals surface area contributed by atoms with Gasteiger partial charge >= 0.3 is 0 Å². The number of likely N-dealkylation sites (tertiary alicyclic amines) is 1. The van der Waals surface area contributed by atoms with E-state index in [9.17, 15) is 0 Å². The summed E-state index contributed by atoms with van der Waals surface area (Å²) in [6.07, 6.45) is 7.08. The molecule has 17 heavy (non-hydrogen) atoms. The highest BCUT2D eigenvalue weighted by Gasteiger charge is 2.15. The van der Waals surface area contributed by atoms with Crippen molar-refractivity contribution in [2.45, 2.75) is 45.2 Å². The maximum absolute atomic E-state index is 4.31. The summed E-state index contributed by atoms with van der Waals surface area (Å²) < 4.78 is 0. The summed E-state index contributed by atoms with van der Waals surface area (Å²) >= 11 is 1.74. The Balaban J connectivity index is 1.71. The van der Waals surface area contributed by atoms with Crippen LogP contribution in [-0.4, -0.2) is 35.6 Å². The first-order valence-corrected chi connectivity index (χ1v) is 7.60. The fourth-order valence-corrected chi connectivity index (χ4v) is 3.04. The van der Waals surface area contributed by atoms with Crippen LogP contribution in [0.5, 0.6) is 0 Å². The second kappa shape index (κ2) is 7.09. The normalized spacial score (nSPS) is 22.5. The summed E-state index contributed by atoms with van der Waals surface area (Å²) in [7, 11) is 0. The van der Waals surface area contributed by atoms with E-state index < -0.39 is 0 Å². The lowest BCUT2D eigenvalue weighted by atomic mass is 10.1. The van der Waals surface area contributed by atoms with Crippen molar-refractivity contribution in [3.63, 3.8) is 0 Å². The zero-order valence-corrected chi connectivity index (χ0v) is 11.5. The topological polar surface area (TPSA) is 28.2 Å². The van der Waals surface area contributed by atoms with E-state index in [1.54, 1.807) is 11.3 Å². The van der Waals surface area contributed by atoms with Crippen molar-refractivity contribution >= 4 is 11.3 Å². The van der Waals surface area contributed by atoms with E-state index >= 15 is 0 Å². The van der Waals surface area contributed by atoms with Gasteiger partial charge in [0.1, 0.15) is 5.01 Å². The minimum atomic E-state index is 0.681. The molecule has 0 aliphatic carbocycles. The molecule has 96 valence electrons. The minimum Gasteiger partial charge on any atom is -0.308 e. The molecule has 0 radical (unpaired) electrons. The maximum Gasteiger partial charge on any atom is 0.106 e. The van der Waals surface area contributed by atoms with E-state index in [0.29, 0.717) is 6.04 Å². The maximum atomic E-state index is 4.31. The Morgan fingerprint density at radius 2 is 2.41 bits per heavy atom. The lowest BCUT2D eigenvalue weighted by molar-refractivity contribution is 0.282. The van der Waals surface area contributed by atoms with E-state index in [0.717, 1.165) is 6.54 Å². The molecular weight excluding hydrogens is 230 g/mol. The predicted octanol–water partition coefficient (Wildman–Crippen LogP) is 2.50. The molecule has 1 saturated heterocycles. The van der Waals surface area contributed by atoms with Gasteiger partial charge in [-0.2, -0.15) is 0 Å². The van der Waals surface area contributed by atoms with Gasteiger partial charge in [0.25, 0.3) is 0 Å². The fraction of sp³-hybridized carbons (Fsp3) is 0.769. The van der Waals surface area contributed by atoms with Gasteiger partial charge in [0.2, 0.25) is 0 Å². The molecule has 1 unspecified atom stereocenters. The number of nitrogens with one attached hydrogen (secondary N) is 1. The zero-order chi connectivity index (χ0) is 11.9. The van der Waals surface area contributed by atoms with Crippen LogP contribution < -0.4 is 5.32 Å². The zero-order valence-electron chi connectivity index (χ0n) is 10.7. The number of aromatic nitrogens is 1. The summed E-state index contributed by atoms with van der Waals surface area (Å²) in [5, 5.41) is 6.90. The SMILES string of the molecule is CCCN1CCCC(NCc2nccs2)CC1. The van der Waals surface area contributed by atoms with Gasteiger partial charge in [0.15, 0.2) is 0 Å². The number of nitrogens with zero attached hydrogens (tertiary/aromatic N) is 2. The third-order valence-electron chi connectivity index (χ3n) is 3.39. The van der Waals surface area contributed by atoms with Crippen LogP contribution in [0.3, 0.4) is 0 Å². The molecule has 1 fully saturated rings. The Morgan fingerprint density at radius 1 is 1.47 bits per heavy atom. The molecule has 1 aromatic rings. The Morgan fingerprint density at radius 3 is 3.18 bits per heavy atom. The van der Waals surface area contributed by atoms with Crippen LogP contribution in [0.4, 0.5) is 0 Å². The van der Waals surface area contributed by atoms with Crippen LogP contribution in [0.15, 0.2) is 11.6 Å². The van der Waals surface area contributed by atoms with Gasteiger partial charge < -0.3 is 10.2 Å². The first kappa shape index (κ1) is 13.0. The first-order valence-electron chi connectivity index (χ1n) is 6.72. The second-order valence-corrected chi connectivity index (χ2v) is 5.76. The molecule has 0 aromatic carbocycles. The van der Waals surface area contributed by atoms with E-state index in [-0.39, 0.29) is 0 Å². The monoisotopic (exact) mass is 253 g/mol. The smallest absolute Gasteiger partial charge is 0.106 e. The third kappa shape index (κ3) is 4.37. The van der Waals surface area contributed by atoms with Crippen molar-refractivity contribution in [1.82, 2.24) is 15.2 Å². The van der Waals surface area contributed by atoms with Gasteiger partial charge in [-0.15, -0.1) is 11.3 Å². The summed E-state index contributed by atoms with van der Waals surface area (Å²) in [5.74, 6) is 0. The lowest BCUT2D eigenvalue weighted by Crippen LogP contribution is -2.30. The van der Waals surface area contributed by atoms with Crippen molar-refractivity contribution < 1.29 is 0 Å². The number of hydrogen-bond donors (Lipinski definition) is 1. The Hall–Kier alpha value is -0.450. The molecule has 0 spiro atoms. The predicted molar refractivity (Wildman–Crippen MR) is 73.3 cm³/mol. The van der Waals surface area contributed by atoms with Crippen molar-refractivity contribution in [2.75, 3.05) is 19.6 Å². The molecule has 1 atom stereocenters.